The molecule has 1 aromatic carbocycles. The van der Waals surface area contributed by atoms with E-state index in [1.807, 2.05) is 6.07 Å². The molecule has 2 amide bonds. The number of aromatic nitrogens is 2. The van der Waals surface area contributed by atoms with E-state index in [9.17, 15) is 18.0 Å². The fraction of sp³-hybridized carbons (Fsp3) is 0.400. The van der Waals surface area contributed by atoms with Crippen molar-refractivity contribution in [3.05, 3.63) is 42.1 Å². The molecule has 1 aliphatic heterocycles. The first-order chi connectivity index (χ1) is 11.4. The number of benzene rings is 1. The number of likely N-dealkylation sites (tertiary alicyclic amines) is 1. The lowest BCUT2D eigenvalue weighted by atomic mass is 9.98. The number of amides is 2. The van der Waals surface area contributed by atoms with Crippen LogP contribution in [0.3, 0.4) is 0 Å². The number of alkyl halides is 3. The molecule has 6 nitrogen and oxygen atoms in total. The van der Waals surface area contributed by atoms with Crippen LogP contribution in [0.5, 0.6) is 0 Å². The molecule has 1 atom stereocenters. The first kappa shape index (κ1) is 16.3. The largest absolute Gasteiger partial charge is 0.470 e. The minimum atomic E-state index is -4.66. The highest BCUT2D eigenvalue weighted by Crippen LogP contribution is 2.32. The SMILES string of the molecule is O=C(Nc1ccccc1)N1CCCC(c2nnc(C(F)(F)F)o2)C1. The van der Waals surface area contributed by atoms with Gasteiger partial charge < -0.3 is 14.6 Å². The van der Waals surface area contributed by atoms with Crippen molar-refractivity contribution in [2.45, 2.75) is 24.9 Å². The number of para-hydroxylation sites is 1. The maximum atomic E-state index is 12.5. The van der Waals surface area contributed by atoms with Crippen LogP contribution in [-0.2, 0) is 6.18 Å². The Morgan fingerprint density at radius 3 is 2.67 bits per heavy atom. The number of halogens is 3. The monoisotopic (exact) mass is 340 g/mol. The number of carbonyl (C=O) groups excluding carboxylic acids is 1. The highest BCUT2D eigenvalue weighted by atomic mass is 19.4. The minimum Gasteiger partial charge on any atom is -0.417 e. The summed E-state index contributed by atoms with van der Waals surface area (Å²) in [6.07, 6.45) is -3.42. The Balaban J connectivity index is 1.66. The lowest BCUT2D eigenvalue weighted by molar-refractivity contribution is -0.157. The van der Waals surface area contributed by atoms with Gasteiger partial charge in [-0.15, -0.1) is 10.2 Å². The molecule has 1 aromatic heterocycles. The number of anilines is 1. The Kier molecular flexibility index (Phi) is 4.41. The molecule has 0 bridgehead atoms. The van der Waals surface area contributed by atoms with Crippen molar-refractivity contribution < 1.29 is 22.4 Å². The number of nitrogens with one attached hydrogen (secondary N) is 1. The molecule has 2 heterocycles. The van der Waals surface area contributed by atoms with Gasteiger partial charge in [0.15, 0.2) is 0 Å². The van der Waals surface area contributed by atoms with Gasteiger partial charge in [-0.25, -0.2) is 4.79 Å². The van der Waals surface area contributed by atoms with Crippen molar-refractivity contribution >= 4 is 11.7 Å². The summed E-state index contributed by atoms with van der Waals surface area (Å²) in [5.41, 5.74) is 0.654. The van der Waals surface area contributed by atoms with Crippen LogP contribution >= 0.6 is 0 Å². The third kappa shape index (κ3) is 3.66. The molecule has 3 rings (SSSR count). The van der Waals surface area contributed by atoms with E-state index in [2.05, 4.69) is 15.5 Å². The normalized spacial score (nSPS) is 18.5. The molecule has 9 heteroatoms. The molecule has 0 radical (unpaired) electrons. The van der Waals surface area contributed by atoms with Gasteiger partial charge in [-0.1, -0.05) is 18.2 Å². The molecule has 0 aliphatic carbocycles. The highest BCUT2D eigenvalue weighted by molar-refractivity contribution is 5.89. The molecular formula is C15H15F3N4O2. The van der Waals surface area contributed by atoms with Crippen LogP contribution in [0.25, 0.3) is 0 Å². The molecular weight excluding hydrogens is 325 g/mol. The number of hydrogen-bond acceptors (Lipinski definition) is 4. The van der Waals surface area contributed by atoms with Crippen molar-refractivity contribution in [3.63, 3.8) is 0 Å². The zero-order valence-corrected chi connectivity index (χ0v) is 12.6. The zero-order valence-electron chi connectivity index (χ0n) is 12.6. The molecule has 1 aliphatic rings. The Morgan fingerprint density at radius 2 is 2.00 bits per heavy atom. The predicted molar refractivity (Wildman–Crippen MR) is 78.3 cm³/mol. The summed E-state index contributed by atoms with van der Waals surface area (Å²) < 4.78 is 42.4. The number of piperidine rings is 1. The molecule has 1 fully saturated rings. The lowest BCUT2D eigenvalue weighted by Crippen LogP contribution is -2.41. The van der Waals surface area contributed by atoms with E-state index in [0.29, 0.717) is 25.1 Å². The fourth-order valence-corrected chi connectivity index (χ4v) is 2.60. The summed E-state index contributed by atoms with van der Waals surface area (Å²) in [4.78, 5) is 13.8. The van der Waals surface area contributed by atoms with Crippen LogP contribution in [0.15, 0.2) is 34.7 Å². The maximum Gasteiger partial charge on any atom is 0.470 e. The summed E-state index contributed by atoms with van der Waals surface area (Å²) in [5.74, 6) is -1.84. The average molecular weight is 340 g/mol. The Morgan fingerprint density at radius 1 is 1.25 bits per heavy atom. The summed E-state index contributed by atoms with van der Waals surface area (Å²) >= 11 is 0. The Labute approximate surface area is 135 Å². The first-order valence-corrected chi connectivity index (χ1v) is 7.45. The van der Waals surface area contributed by atoms with E-state index in [1.165, 1.54) is 0 Å². The van der Waals surface area contributed by atoms with Crippen molar-refractivity contribution in [2.75, 3.05) is 18.4 Å². The van der Waals surface area contributed by atoms with E-state index >= 15 is 0 Å². The molecule has 0 saturated carbocycles. The second-order valence-electron chi connectivity index (χ2n) is 5.52. The maximum absolute atomic E-state index is 12.5. The quantitative estimate of drug-likeness (QED) is 0.908. The molecule has 2 aromatic rings. The van der Waals surface area contributed by atoms with Crippen LogP contribution < -0.4 is 5.32 Å². The van der Waals surface area contributed by atoms with Crippen molar-refractivity contribution in [2.24, 2.45) is 0 Å². The number of urea groups is 1. The van der Waals surface area contributed by atoms with E-state index in [0.717, 1.165) is 0 Å². The highest BCUT2D eigenvalue weighted by Gasteiger charge is 2.39. The standard InChI is InChI=1S/C15H15F3N4O2/c16-15(17,18)13-21-20-12(24-13)10-5-4-8-22(9-10)14(23)19-11-6-2-1-3-7-11/h1-3,6-7,10H,4-5,8-9H2,(H,19,23). The van der Waals surface area contributed by atoms with Crippen LogP contribution in [-0.4, -0.2) is 34.2 Å². The smallest absolute Gasteiger partial charge is 0.417 e. The van der Waals surface area contributed by atoms with Crippen molar-refractivity contribution in [1.82, 2.24) is 15.1 Å². The Bertz CT molecular complexity index is 702. The van der Waals surface area contributed by atoms with Crippen LogP contribution in [0, 0.1) is 0 Å². The van der Waals surface area contributed by atoms with Gasteiger partial charge in [0.25, 0.3) is 0 Å². The topological polar surface area (TPSA) is 71.3 Å². The number of hydrogen-bond donors (Lipinski definition) is 1. The first-order valence-electron chi connectivity index (χ1n) is 7.45. The van der Waals surface area contributed by atoms with Crippen LogP contribution in [0.1, 0.15) is 30.5 Å². The van der Waals surface area contributed by atoms with Gasteiger partial charge in [-0.05, 0) is 25.0 Å². The third-order valence-corrected chi connectivity index (χ3v) is 3.77. The van der Waals surface area contributed by atoms with Crippen molar-refractivity contribution in [3.8, 4) is 0 Å². The molecule has 1 N–H and O–H groups in total. The number of nitrogens with zero attached hydrogens (tertiary/aromatic N) is 3. The lowest BCUT2D eigenvalue weighted by Gasteiger charge is -2.31. The summed E-state index contributed by atoms with van der Waals surface area (Å²) in [7, 11) is 0. The zero-order chi connectivity index (χ0) is 17.2. The van der Waals surface area contributed by atoms with Crippen LogP contribution in [0.2, 0.25) is 0 Å². The van der Waals surface area contributed by atoms with Gasteiger partial charge in [0.1, 0.15) is 0 Å². The molecule has 0 spiro atoms. The molecule has 24 heavy (non-hydrogen) atoms. The van der Waals surface area contributed by atoms with Gasteiger partial charge in [-0.2, -0.15) is 13.2 Å². The van der Waals surface area contributed by atoms with Crippen LogP contribution in [0.4, 0.5) is 23.7 Å². The van der Waals surface area contributed by atoms with E-state index in [-0.39, 0.29) is 18.5 Å². The van der Waals surface area contributed by atoms with Gasteiger partial charge >= 0.3 is 18.1 Å². The predicted octanol–water partition coefficient (Wildman–Crippen LogP) is 3.50. The van der Waals surface area contributed by atoms with E-state index < -0.39 is 18.0 Å². The Hall–Kier alpha value is -2.58. The summed E-state index contributed by atoms with van der Waals surface area (Å²) in [6, 6.07) is 8.64. The second-order valence-corrected chi connectivity index (χ2v) is 5.52. The van der Waals surface area contributed by atoms with E-state index in [1.54, 1.807) is 29.2 Å². The van der Waals surface area contributed by atoms with Gasteiger partial charge in [0.05, 0.1) is 5.92 Å². The summed E-state index contributed by atoms with van der Waals surface area (Å²) in [5, 5.41) is 9.28. The minimum absolute atomic E-state index is 0.0838. The fourth-order valence-electron chi connectivity index (χ4n) is 2.60. The number of rotatable bonds is 2. The molecule has 128 valence electrons. The van der Waals surface area contributed by atoms with Gasteiger partial charge in [0.2, 0.25) is 5.89 Å². The third-order valence-electron chi connectivity index (χ3n) is 3.77. The van der Waals surface area contributed by atoms with Gasteiger partial charge in [-0.3, -0.25) is 0 Å². The van der Waals surface area contributed by atoms with Gasteiger partial charge in [0, 0.05) is 18.8 Å². The molecule has 1 saturated heterocycles. The van der Waals surface area contributed by atoms with Crippen molar-refractivity contribution in [1.29, 1.82) is 0 Å². The average Bonchev–Trinajstić information content (AvgIpc) is 3.06. The number of carbonyl (C=O) groups is 1. The summed E-state index contributed by atoms with van der Waals surface area (Å²) in [6.45, 7) is 0.758. The van der Waals surface area contributed by atoms with E-state index in [4.69, 9.17) is 4.42 Å². The molecule has 1 unspecified atom stereocenters. The second kappa shape index (κ2) is 6.50.